The molecule has 0 radical (unpaired) electrons. The van der Waals surface area contributed by atoms with E-state index in [1.807, 2.05) is 11.8 Å². The van der Waals surface area contributed by atoms with Gasteiger partial charge in [-0.2, -0.15) is 11.8 Å². The molecule has 2 aromatic rings. The first-order valence-corrected chi connectivity index (χ1v) is 7.97. The molecule has 96 valence electrons. The fourth-order valence-electron chi connectivity index (χ4n) is 1.56. The zero-order valence-electron chi connectivity index (χ0n) is 10.7. The minimum atomic E-state index is 0.591. The Kier molecular flexibility index (Phi) is 4.80. The van der Waals surface area contributed by atoms with Crippen molar-refractivity contribution in [3.8, 4) is 11.3 Å². The summed E-state index contributed by atoms with van der Waals surface area (Å²) in [6.07, 6.45) is 0. The number of nitrogens with two attached hydrogens (primary N) is 1. The van der Waals surface area contributed by atoms with Crippen LogP contribution in [0.4, 0.5) is 0 Å². The second-order valence-electron chi connectivity index (χ2n) is 4.39. The van der Waals surface area contributed by atoms with Crippen LogP contribution in [0.15, 0.2) is 29.6 Å². The molecule has 4 heteroatoms. The topological polar surface area (TPSA) is 38.9 Å². The number of nitrogens with zero attached hydrogens (tertiary/aromatic N) is 1. The Bertz CT molecular complexity index is 489. The van der Waals surface area contributed by atoms with Gasteiger partial charge in [-0.1, -0.05) is 38.1 Å². The average Bonchev–Trinajstić information content (AvgIpc) is 2.85. The summed E-state index contributed by atoms with van der Waals surface area (Å²) in [4.78, 5) is 4.67. The SMILES string of the molecule is CC(C)SCc1nc(-c2ccc(CN)cc2)cs1. The fourth-order valence-corrected chi connectivity index (χ4v) is 3.16. The maximum absolute atomic E-state index is 5.59. The van der Waals surface area contributed by atoms with Gasteiger partial charge in [-0.05, 0) is 10.8 Å². The van der Waals surface area contributed by atoms with Gasteiger partial charge in [0.05, 0.1) is 5.69 Å². The molecule has 0 aliphatic heterocycles. The molecule has 0 spiro atoms. The van der Waals surface area contributed by atoms with E-state index in [9.17, 15) is 0 Å². The highest BCUT2D eigenvalue weighted by Gasteiger charge is 2.05. The average molecular weight is 278 g/mol. The summed E-state index contributed by atoms with van der Waals surface area (Å²) in [5, 5.41) is 3.99. The van der Waals surface area contributed by atoms with Crippen LogP contribution in [0, 0.1) is 0 Å². The predicted octanol–water partition coefficient (Wildman–Crippen LogP) is 3.91. The lowest BCUT2D eigenvalue weighted by molar-refractivity contribution is 1.07. The quantitative estimate of drug-likeness (QED) is 0.901. The largest absolute Gasteiger partial charge is 0.326 e. The van der Waals surface area contributed by atoms with Crippen LogP contribution in [-0.4, -0.2) is 10.2 Å². The molecule has 0 aliphatic carbocycles. The summed E-state index contributed by atoms with van der Waals surface area (Å²) in [5.74, 6) is 1.00. The molecule has 0 bridgehead atoms. The van der Waals surface area contributed by atoms with Crippen LogP contribution in [0.1, 0.15) is 24.4 Å². The normalized spacial score (nSPS) is 11.1. The molecule has 1 heterocycles. The summed E-state index contributed by atoms with van der Waals surface area (Å²) in [7, 11) is 0. The van der Waals surface area contributed by atoms with Gasteiger partial charge in [-0.3, -0.25) is 0 Å². The summed E-state index contributed by atoms with van der Waals surface area (Å²) < 4.78 is 0. The molecule has 1 aromatic carbocycles. The van der Waals surface area contributed by atoms with Crippen molar-refractivity contribution in [3.63, 3.8) is 0 Å². The number of benzene rings is 1. The third kappa shape index (κ3) is 3.57. The van der Waals surface area contributed by atoms with Crippen LogP contribution in [0.3, 0.4) is 0 Å². The van der Waals surface area contributed by atoms with E-state index in [1.54, 1.807) is 11.3 Å². The second kappa shape index (κ2) is 6.36. The lowest BCUT2D eigenvalue weighted by Crippen LogP contribution is -1.95. The van der Waals surface area contributed by atoms with Gasteiger partial charge in [0.2, 0.25) is 0 Å². The second-order valence-corrected chi connectivity index (χ2v) is 6.89. The van der Waals surface area contributed by atoms with Crippen molar-refractivity contribution >= 4 is 23.1 Å². The Morgan fingerprint density at radius 3 is 2.61 bits per heavy atom. The van der Waals surface area contributed by atoms with Crippen LogP contribution in [-0.2, 0) is 12.3 Å². The highest BCUT2D eigenvalue weighted by molar-refractivity contribution is 7.99. The molecule has 1 aromatic heterocycles. The van der Waals surface area contributed by atoms with Gasteiger partial charge >= 0.3 is 0 Å². The number of thioether (sulfide) groups is 1. The van der Waals surface area contributed by atoms with Crippen molar-refractivity contribution in [1.82, 2.24) is 4.98 Å². The van der Waals surface area contributed by atoms with Gasteiger partial charge in [-0.25, -0.2) is 4.98 Å². The van der Waals surface area contributed by atoms with Crippen molar-refractivity contribution in [1.29, 1.82) is 0 Å². The van der Waals surface area contributed by atoms with Crippen LogP contribution in [0.5, 0.6) is 0 Å². The first kappa shape index (κ1) is 13.6. The van der Waals surface area contributed by atoms with Crippen molar-refractivity contribution in [2.45, 2.75) is 31.4 Å². The Morgan fingerprint density at radius 1 is 1.28 bits per heavy atom. The molecule has 0 fully saturated rings. The number of hydrogen-bond acceptors (Lipinski definition) is 4. The smallest absolute Gasteiger partial charge is 0.103 e. The van der Waals surface area contributed by atoms with Gasteiger partial charge < -0.3 is 5.73 Å². The molecule has 2 N–H and O–H groups in total. The van der Waals surface area contributed by atoms with Gasteiger partial charge in [0.1, 0.15) is 5.01 Å². The molecule has 0 aliphatic rings. The number of thiazole rings is 1. The maximum atomic E-state index is 5.59. The van der Waals surface area contributed by atoms with E-state index in [-0.39, 0.29) is 0 Å². The Balaban J connectivity index is 2.08. The van der Waals surface area contributed by atoms with Crippen molar-refractivity contribution in [2.75, 3.05) is 0 Å². The maximum Gasteiger partial charge on any atom is 0.103 e. The molecular formula is C14H18N2S2. The molecule has 0 saturated carbocycles. The monoisotopic (exact) mass is 278 g/mol. The van der Waals surface area contributed by atoms with Gasteiger partial charge in [0.15, 0.2) is 0 Å². The molecule has 18 heavy (non-hydrogen) atoms. The fraction of sp³-hybridized carbons (Fsp3) is 0.357. The third-order valence-electron chi connectivity index (χ3n) is 2.58. The lowest BCUT2D eigenvalue weighted by atomic mass is 10.1. The minimum absolute atomic E-state index is 0.591. The number of hydrogen-bond donors (Lipinski definition) is 1. The van der Waals surface area contributed by atoms with Crippen LogP contribution >= 0.6 is 23.1 Å². The zero-order valence-corrected chi connectivity index (χ0v) is 12.4. The Hall–Kier alpha value is -0.840. The van der Waals surface area contributed by atoms with E-state index in [0.717, 1.165) is 17.0 Å². The third-order valence-corrected chi connectivity index (χ3v) is 4.72. The highest BCUT2D eigenvalue weighted by atomic mass is 32.2. The van der Waals surface area contributed by atoms with E-state index < -0.39 is 0 Å². The Labute approximate surface area is 117 Å². The number of rotatable bonds is 5. The summed E-state index contributed by atoms with van der Waals surface area (Å²) >= 11 is 3.67. The molecule has 0 amide bonds. The van der Waals surface area contributed by atoms with Crippen molar-refractivity contribution in [3.05, 3.63) is 40.2 Å². The minimum Gasteiger partial charge on any atom is -0.326 e. The molecule has 2 rings (SSSR count). The zero-order chi connectivity index (χ0) is 13.0. The summed E-state index contributed by atoms with van der Waals surface area (Å²) in [6, 6.07) is 8.32. The van der Waals surface area contributed by atoms with E-state index in [1.165, 1.54) is 10.6 Å². The van der Waals surface area contributed by atoms with E-state index in [4.69, 9.17) is 5.73 Å². The van der Waals surface area contributed by atoms with E-state index >= 15 is 0 Å². The molecule has 0 unspecified atom stereocenters. The summed E-state index contributed by atoms with van der Waals surface area (Å²) in [6.45, 7) is 5.02. The standard InChI is InChI=1S/C14H18N2S2/c1-10(2)17-9-14-16-13(8-18-14)12-5-3-11(7-15)4-6-12/h3-6,8,10H,7,9,15H2,1-2H3. The van der Waals surface area contributed by atoms with E-state index in [0.29, 0.717) is 11.8 Å². The Morgan fingerprint density at radius 2 is 2.00 bits per heavy atom. The molecule has 2 nitrogen and oxygen atoms in total. The van der Waals surface area contributed by atoms with Crippen LogP contribution in [0.2, 0.25) is 0 Å². The lowest BCUT2D eigenvalue weighted by Gasteiger charge is -2.01. The first-order chi connectivity index (χ1) is 8.69. The highest BCUT2D eigenvalue weighted by Crippen LogP contribution is 2.25. The van der Waals surface area contributed by atoms with Crippen LogP contribution < -0.4 is 5.73 Å². The molecule has 0 atom stereocenters. The van der Waals surface area contributed by atoms with Gasteiger partial charge in [0.25, 0.3) is 0 Å². The summed E-state index contributed by atoms with van der Waals surface area (Å²) in [5.41, 5.74) is 8.99. The predicted molar refractivity (Wildman–Crippen MR) is 81.9 cm³/mol. The number of aromatic nitrogens is 1. The van der Waals surface area contributed by atoms with Gasteiger partial charge in [0, 0.05) is 23.2 Å². The van der Waals surface area contributed by atoms with Crippen molar-refractivity contribution < 1.29 is 0 Å². The molecular weight excluding hydrogens is 260 g/mol. The van der Waals surface area contributed by atoms with Gasteiger partial charge in [-0.15, -0.1) is 11.3 Å². The first-order valence-electron chi connectivity index (χ1n) is 6.04. The molecule has 0 saturated heterocycles. The van der Waals surface area contributed by atoms with E-state index in [2.05, 4.69) is 48.5 Å². The van der Waals surface area contributed by atoms with Crippen molar-refractivity contribution in [2.24, 2.45) is 5.73 Å². The van der Waals surface area contributed by atoms with Crippen LogP contribution in [0.25, 0.3) is 11.3 Å².